The molecule has 0 atom stereocenters. The molecule has 0 bridgehead atoms. The van der Waals surface area contributed by atoms with Gasteiger partial charge in [0.15, 0.2) is 0 Å². The smallest absolute Gasteiger partial charge is 0.0494 e. The quantitative estimate of drug-likeness (QED) is 0.470. The largest absolute Gasteiger partial charge is 0.384 e. The Labute approximate surface area is 144 Å². The van der Waals surface area contributed by atoms with Gasteiger partial charge in [-0.05, 0) is 55.8 Å². The number of ether oxygens (including phenoxy) is 2. The van der Waals surface area contributed by atoms with Gasteiger partial charge in [0.25, 0.3) is 0 Å². The van der Waals surface area contributed by atoms with E-state index in [2.05, 4.69) is 6.92 Å². The van der Waals surface area contributed by atoms with Crippen molar-refractivity contribution in [2.45, 2.75) is 84.0 Å². The van der Waals surface area contributed by atoms with Crippen molar-refractivity contribution in [3.63, 3.8) is 0 Å². The second kappa shape index (κ2) is 11.5. The van der Waals surface area contributed by atoms with Crippen LogP contribution in [-0.4, -0.2) is 26.9 Å². The van der Waals surface area contributed by atoms with E-state index in [1.54, 1.807) is 0 Å². The molecule has 0 aromatic heterocycles. The topological polar surface area (TPSA) is 18.5 Å². The van der Waals surface area contributed by atoms with Crippen molar-refractivity contribution in [1.82, 2.24) is 0 Å². The summed E-state index contributed by atoms with van der Waals surface area (Å²) in [7, 11) is 1.84. The standard InChI is InChI=1S/C21H40O2/c1-3-4-15-23-17-21-13-9-19(10-14-21)6-5-18-7-11-20(12-8-18)16-22-2/h18-21H,3-17H2,1-2H3/t18-,19-,20-,21-. The zero-order valence-electron chi connectivity index (χ0n) is 15.7. The highest BCUT2D eigenvalue weighted by Crippen LogP contribution is 2.36. The molecule has 2 rings (SSSR count). The van der Waals surface area contributed by atoms with Gasteiger partial charge < -0.3 is 9.47 Å². The molecule has 0 heterocycles. The third-order valence-electron chi connectivity index (χ3n) is 6.31. The summed E-state index contributed by atoms with van der Waals surface area (Å²) in [5.74, 6) is 3.73. The minimum absolute atomic E-state index is 0.847. The number of hydrogen-bond donors (Lipinski definition) is 0. The Morgan fingerprint density at radius 2 is 1.17 bits per heavy atom. The lowest BCUT2D eigenvalue weighted by molar-refractivity contribution is 0.0737. The van der Waals surface area contributed by atoms with Crippen molar-refractivity contribution in [3.8, 4) is 0 Å². The van der Waals surface area contributed by atoms with Crippen molar-refractivity contribution in [2.24, 2.45) is 23.7 Å². The van der Waals surface area contributed by atoms with E-state index >= 15 is 0 Å². The predicted molar refractivity (Wildman–Crippen MR) is 97.7 cm³/mol. The minimum Gasteiger partial charge on any atom is -0.384 e. The fourth-order valence-corrected chi connectivity index (χ4v) is 4.58. The van der Waals surface area contributed by atoms with Gasteiger partial charge in [-0.25, -0.2) is 0 Å². The molecule has 2 saturated carbocycles. The maximum atomic E-state index is 5.82. The maximum absolute atomic E-state index is 5.82. The van der Waals surface area contributed by atoms with Gasteiger partial charge in [-0.2, -0.15) is 0 Å². The van der Waals surface area contributed by atoms with E-state index in [1.807, 2.05) is 7.11 Å². The number of unbranched alkanes of at least 4 members (excludes halogenated alkanes) is 1. The molecule has 2 aliphatic carbocycles. The van der Waals surface area contributed by atoms with Gasteiger partial charge in [-0.15, -0.1) is 0 Å². The molecule has 0 spiro atoms. The van der Waals surface area contributed by atoms with Gasteiger partial charge in [0.1, 0.15) is 0 Å². The van der Waals surface area contributed by atoms with Crippen molar-refractivity contribution >= 4 is 0 Å². The molecule has 0 N–H and O–H groups in total. The summed E-state index contributed by atoms with van der Waals surface area (Å²) in [5, 5.41) is 0. The van der Waals surface area contributed by atoms with Gasteiger partial charge in [-0.3, -0.25) is 0 Å². The molecule has 0 radical (unpaired) electrons. The lowest BCUT2D eigenvalue weighted by Crippen LogP contribution is -2.21. The van der Waals surface area contributed by atoms with Crippen molar-refractivity contribution in [3.05, 3.63) is 0 Å². The highest BCUT2D eigenvalue weighted by molar-refractivity contribution is 4.76. The summed E-state index contributed by atoms with van der Waals surface area (Å²) < 4.78 is 11.1. The van der Waals surface area contributed by atoms with E-state index in [0.29, 0.717) is 0 Å². The second-order valence-electron chi connectivity index (χ2n) is 8.23. The SMILES string of the molecule is CCCCOC[C@H]1CC[C@H](CC[C@H]2CC[C@H](COC)CC2)CC1. The maximum Gasteiger partial charge on any atom is 0.0494 e. The molecule has 0 unspecified atom stereocenters. The Hall–Kier alpha value is -0.0800. The molecule has 2 heteroatoms. The van der Waals surface area contributed by atoms with E-state index in [9.17, 15) is 0 Å². The van der Waals surface area contributed by atoms with Crippen LogP contribution in [0.1, 0.15) is 84.0 Å². The van der Waals surface area contributed by atoms with Crippen LogP contribution in [0.5, 0.6) is 0 Å². The van der Waals surface area contributed by atoms with E-state index < -0.39 is 0 Å². The first-order valence-electron chi connectivity index (χ1n) is 10.4. The Bertz CT molecular complexity index is 276. The molecule has 0 aromatic rings. The third-order valence-corrected chi connectivity index (χ3v) is 6.31. The number of rotatable bonds is 10. The number of methoxy groups -OCH3 is 1. The highest BCUT2D eigenvalue weighted by atomic mass is 16.5. The van der Waals surface area contributed by atoms with Crippen molar-refractivity contribution < 1.29 is 9.47 Å². The first-order chi connectivity index (χ1) is 11.3. The second-order valence-corrected chi connectivity index (χ2v) is 8.23. The summed E-state index contributed by atoms with van der Waals surface area (Å²) in [6.07, 6.45) is 16.9. The van der Waals surface area contributed by atoms with Gasteiger partial charge in [0.2, 0.25) is 0 Å². The van der Waals surface area contributed by atoms with E-state index in [1.165, 1.54) is 77.0 Å². The lowest BCUT2D eigenvalue weighted by Gasteiger charge is -2.31. The van der Waals surface area contributed by atoms with Crippen LogP contribution in [0.3, 0.4) is 0 Å². The fraction of sp³-hybridized carbons (Fsp3) is 1.00. The normalized spacial score (nSPS) is 32.1. The average molecular weight is 325 g/mol. The Balaban J connectivity index is 1.50. The molecule has 2 fully saturated rings. The van der Waals surface area contributed by atoms with Gasteiger partial charge in [0.05, 0.1) is 0 Å². The number of hydrogen-bond acceptors (Lipinski definition) is 2. The molecule has 23 heavy (non-hydrogen) atoms. The zero-order chi connectivity index (χ0) is 16.3. The van der Waals surface area contributed by atoms with E-state index in [0.717, 1.165) is 43.5 Å². The van der Waals surface area contributed by atoms with Gasteiger partial charge in [0, 0.05) is 26.9 Å². The van der Waals surface area contributed by atoms with Crippen LogP contribution in [0.25, 0.3) is 0 Å². The van der Waals surface area contributed by atoms with Crippen LogP contribution in [0.15, 0.2) is 0 Å². The van der Waals surface area contributed by atoms with Crippen LogP contribution >= 0.6 is 0 Å². The Morgan fingerprint density at radius 3 is 1.65 bits per heavy atom. The summed E-state index contributed by atoms with van der Waals surface area (Å²) in [6, 6.07) is 0. The van der Waals surface area contributed by atoms with Crippen LogP contribution in [-0.2, 0) is 9.47 Å². The van der Waals surface area contributed by atoms with Crippen LogP contribution < -0.4 is 0 Å². The van der Waals surface area contributed by atoms with Gasteiger partial charge >= 0.3 is 0 Å². The zero-order valence-corrected chi connectivity index (χ0v) is 15.7. The van der Waals surface area contributed by atoms with Crippen LogP contribution in [0.4, 0.5) is 0 Å². The first-order valence-corrected chi connectivity index (χ1v) is 10.4. The van der Waals surface area contributed by atoms with Crippen LogP contribution in [0.2, 0.25) is 0 Å². The molecule has 0 saturated heterocycles. The predicted octanol–water partition coefficient (Wildman–Crippen LogP) is 5.84. The molecule has 136 valence electrons. The van der Waals surface area contributed by atoms with E-state index in [4.69, 9.17) is 9.47 Å². The average Bonchev–Trinajstić information content (AvgIpc) is 2.59. The molecule has 2 nitrogen and oxygen atoms in total. The lowest BCUT2D eigenvalue weighted by atomic mass is 9.76. The van der Waals surface area contributed by atoms with Gasteiger partial charge in [-0.1, -0.05) is 51.9 Å². The summed E-state index contributed by atoms with van der Waals surface area (Å²) in [4.78, 5) is 0. The first kappa shape index (κ1) is 19.2. The van der Waals surface area contributed by atoms with E-state index in [-0.39, 0.29) is 0 Å². The van der Waals surface area contributed by atoms with Crippen LogP contribution in [0, 0.1) is 23.7 Å². The summed E-state index contributed by atoms with van der Waals surface area (Å²) >= 11 is 0. The Morgan fingerprint density at radius 1 is 0.696 bits per heavy atom. The Kier molecular flexibility index (Phi) is 9.60. The fourth-order valence-electron chi connectivity index (χ4n) is 4.58. The molecular weight excluding hydrogens is 284 g/mol. The van der Waals surface area contributed by atoms with Crippen molar-refractivity contribution in [1.29, 1.82) is 0 Å². The van der Waals surface area contributed by atoms with Crippen molar-refractivity contribution in [2.75, 3.05) is 26.9 Å². The summed E-state index contributed by atoms with van der Waals surface area (Å²) in [6.45, 7) is 5.22. The molecular formula is C21H40O2. The molecule has 0 amide bonds. The molecule has 0 aromatic carbocycles. The monoisotopic (exact) mass is 324 g/mol. The molecule has 0 aliphatic heterocycles. The third kappa shape index (κ3) is 7.56. The highest BCUT2D eigenvalue weighted by Gasteiger charge is 2.24. The molecule has 2 aliphatic rings. The summed E-state index contributed by atoms with van der Waals surface area (Å²) in [5.41, 5.74) is 0. The minimum atomic E-state index is 0.847.